The zero-order valence-corrected chi connectivity index (χ0v) is 10.2. The topological polar surface area (TPSA) is 12.5 Å². The number of epoxide rings is 1. The van der Waals surface area contributed by atoms with Crippen LogP contribution in [-0.4, -0.2) is 0 Å². The lowest BCUT2D eigenvalue weighted by Gasteiger charge is -1.99. The molecule has 1 fully saturated rings. The smallest absolute Gasteiger partial charge is 0.114 e. The van der Waals surface area contributed by atoms with Crippen molar-refractivity contribution in [2.75, 3.05) is 0 Å². The van der Waals surface area contributed by atoms with E-state index in [1.165, 1.54) is 22.3 Å². The molecule has 1 heteroatoms. The van der Waals surface area contributed by atoms with Gasteiger partial charge in [0.05, 0.1) is 0 Å². The van der Waals surface area contributed by atoms with Crippen LogP contribution in [0.1, 0.15) is 34.5 Å². The van der Waals surface area contributed by atoms with E-state index < -0.39 is 0 Å². The van der Waals surface area contributed by atoms with Crippen molar-refractivity contribution >= 4 is 0 Å². The third-order valence-electron chi connectivity index (χ3n) is 3.30. The Morgan fingerprint density at radius 2 is 1.00 bits per heavy atom. The molecule has 0 bridgehead atoms. The number of hydrogen-bond donors (Lipinski definition) is 0. The Balaban J connectivity index is 1.78. The Morgan fingerprint density at radius 3 is 1.35 bits per heavy atom. The SMILES string of the molecule is Cc1ccc([C@H]2O[C@@H]2c2ccc(C)cc2)cc1. The van der Waals surface area contributed by atoms with Crippen LogP contribution in [0.15, 0.2) is 48.5 Å². The summed E-state index contributed by atoms with van der Waals surface area (Å²) in [6.45, 7) is 4.21. The summed E-state index contributed by atoms with van der Waals surface area (Å²) >= 11 is 0. The first-order chi connectivity index (χ1) is 8.24. The maximum absolute atomic E-state index is 5.77. The molecule has 0 radical (unpaired) electrons. The Kier molecular flexibility index (Phi) is 2.49. The van der Waals surface area contributed by atoms with Gasteiger partial charge >= 0.3 is 0 Å². The summed E-state index contributed by atoms with van der Waals surface area (Å²) in [4.78, 5) is 0. The molecule has 2 aromatic carbocycles. The Labute approximate surface area is 102 Å². The number of ether oxygens (including phenoxy) is 1. The fourth-order valence-electron chi connectivity index (χ4n) is 2.13. The molecule has 0 aromatic heterocycles. The van der Waals surface area contributed by atoms with E-state index in [1.54, 1.807) is 0 Å². The summed E-state index contributed by atoms with van der Waals surface area (Å²) in [7, 11) is 0. The van der Waals surface area contributed by atoms with Gasteiger partial charge in [-0.3, -0.25) is 0 Å². The van der Waals surface area contributed by atoms with Crippen molar-refractivity contribution in [1.82, 2.24) is 0 Å². The maximum atomic E-state index is 5.77. The van der Waals surface area contributed by atoms with Crippen LogP contribution in [0, 0.1) is 13.8 Å². The molecule has 17 heavy (non-hydrogen) atoms. The molecule has 0 spiro atoms. The summed E-state index contributed by atoms with van der Waals surface area (Å²) in [5.74, 6) is 0. The van der Waals surface area contributed by atoms with E-state index in [4.69, 9.17) is 4.74 Å². The zero-order valence-electron chi connectivity index (χ0n) is 10.2. The first-order valence-electron chi connectivity index (χ1n) is 6.02. The summed E-state index contributed by atoms with van der Waals surface area (Å²) in [5.41, 5.74) is 5.14. The van der Waals surface area contributed by atoms with Crippen molar-refractivity contribution in [3.05, 3.63) is 70.8 Å². The lowest BCUT2D eigenvalue weighted by atomic mass is 10.0. The van der Waals surface area contributed by atoms with Gasteiger partial charge < -0.3 is 4.74 Å². The van der Waals surface area contributed by atoms with Gasteiger partial charge in [0.1, 0.15) is 12.2 Å². The van der Waals surface area contributed by atoms with Crippen LogP contribution in [0.3, 0.4) is 0 Å². The van der Waals surface area contributed by atoms with E-state index >= 15 is 0 Å². The van der Waals surface area contributed by atoms with Crippen LogP contribution >= 0.6 is 0 Å². The van der Waals surface area contributed by atoms with Gasteiger partial charge in [0.25, 0.3) is 0 Å². The van der Waals surface area contributed by atoms with Crippen LogP contribution in [-0.2, 0) is 4.74 Å². The molecular formula is C16H16O. The molecule has 0 unspecified atom stereocenters. The number of aryl methyl sites for hydroxylation is 2. The lowest BCUT2D eigenvalue weighted by Crippen LogP contribution is -1.85. The fraction of sp³-hybridized carbons (Fsp3) is 0.250. The number of hydrogen-bond acceptors (Lipinski definition) is 1. The van der Waals surface area contributed by atoms with Gasteiger partial charge in [0, 0.05) is 0 Å². The van der Waals surface area contributed by atoms with Gasteiger partial charge in [0.2, 0.25) is 0 Å². The zero-order chi connectivity index (χ0) is 11.8. The Bertz CT molecular complexity index is 461. The minimum absolute atomic E-state index is 0.248. The first-order valence-corrected chi connectivity index (χ1v) is 6.02. The minimum atomic E-state index is 0.248. The second-order valence-electron chi connectivity index (χ2n) is 4.80. The van der Waals surface area contributed by atoms with Crippen LogP contribution in [0.2, 0.25) is 0 Å². The highest BCUT2D eigenvalue weighted by atomic mass is 16.6. The van der Waals surface area contributed by atoms with E-state index in [0.29, 0.717) is 0 Å². The molecule has 0 saturated carbocycles. The quantitative estimate of drug-likeness (QED) is 0.699. The molecule has 1 nitrogen and oxygen atoms in total. The van der Waals surface area contributed by atoms with Gasteiger partial charge in [-0.05, 0) is 25.0 Å². The molecule has 1 aliphatic rings. The summed E-state index contributed by atoms with van der Waals surface area (Å²) in [6.07, 6.45) is 0.497. The van der Waals surface area contributed by atoms with Crippen molar-refractivity contribution in [2.24, 2.45) is 0 Å². The van der Waals surface area contributed by atoms with E-state index in [1.807, 2.05) is 0 Å². The molecule has 1 saturated heterocycles. The predicted octanol–water partition coefficient (Wildman–Crippen LogP) is 4.12. The molecule has 0 N–H and O–H groups in total. The van der Waals surface area contributed by atoms with E-state index in [-0.39, 0.29) is 12.2 Å². The van der Waals surface area contributed by atoms with Crippen molar-refractivity contribution in [2.45, 2.75) is 26.1 Å². The van der Waals surface area contributed by atoms with Gasteiger partial charge in [-0.2, -0.15) is 0 Å². The molecule has 0 amide bonds. The van der Waals surface area contributed by atoms with Crippen molar-refractivity contribution in [3.8, 4) is 0 Å². The highest BCUT2D eigenvalue weighted by Gasteiger charge is 2.41. The van der Waals surface area contributed by atoms with Crippen molar-refractivity contribution < 1.29 is 4.74 Å². The molecule has 0 aliphatic carbocycles. The first kappa shape index (κ1) is 10.5. The van der Waals surface area contributed by atoms with Gasteiger partial charge in [-0.1, -0.05) is 59.7 Å². The molecule has 1 aliphatic heterocycles. The molecule has 1 heterocycles. The largest absolute Gasteiger partial charge is 0.359 e. The average Bonchev–Trinajstić information content (AvgIpc) is 3.11. The highest BCUT2D eigenvalue weighted by molar-refractivity contribution is 5.32. The van der Waals surface area contributed by atoms with Crippen LogP contribution in [0.25, 0.3) is 0 Å². The summed E-state index contributed by atoms with van der Waals surface area (Å²) in [5, 5.41) is 0. The van der Waals surface area contributed by atoms with Crippen LogP contribution in [0.5, 0.6) is 0 Å². The van der Waals surface area contributed by atoms with Crippen molar-refractivity contribution in [1.29, 1.82) is 0 Å². The highest BCUT2D eigenvalue weighted by Crippen LogP contribution is 2.50. The van der Waals surface area contributed by atoms with Gasteiger partial charge in [-0.15, -0.1) is 0 Å². The molecule has 3 rings (SSSR count). The minimum Gasteiger partial charge on any atom is -0.359 e. The maximum Gasteiger partial charge on any atom is 0.114 e. The normalized spacial score (nSPS) is 22.5. The third-order valence-corrected chi connectivity index (χ3v) is 3.30. The average molecular weight is 224 g/mol. The summed E-state index contributed by atoms with van der Waals surface area (Å²) < 4.78 is 5.77. The standard InChI is InChI=1S/C16H16O/c1-11-3-7-13(8-4-11)15-16(17-15)14-9-5-12(2)6-10-14/h3-10,15-16H,1-2H3/t15-,16-/m1/s1. The van der Waals surface area contributed by atoms with Gasteiger partial charge in [0.15, 0.2) is 0 Å². The Hall–Kier alpha value is -1.60. The van der Waals surface area contributed by atoms with E-state index in [2.05, 4.69) is 62.4 Å². The number of rotatable bonds is 2. The molecular weight excluding hydrogens is 208 g/mol. The second kappa shape index (κ2) is 4.01. The van der Waals surface area contributed by atoms with Crippen molar-refractivity contribution in [3.63, 3.8) is 0 Å². The number of benzene rings is 2. The van der Waals surface area contributed by atoms with Crippen LogP contribution < -0.4 is 0 Å². The Morgan fingerprint density at radius 1 is 0.647 bits per heavy atom. The van der Waals surface area contributed by atoms with E-state index in [0.717, 1.165) is 0 Å². The lowest BCUT2D eigenvalue weighted by molar-refractivity contribution is 0.377. The second-order valence-corrected chi connectivity index (χ2v) is 4.80. The van der Waals surface area contributed by atoms with E-state index in [9.17, 15) is 0 Å². The molecule has 86 valence electrons. The van der Waals surface area contributed by atoms with Crippen LogP contribution in [0.4, 0.5) is 0 Å². The van der Waals surface area contributed by atoms with Gasteiger partial charge in [-0.25, -0.2) is 0 Å². The fourth-order valence-corrected chi connectivity index (χ4v) is 2.13. The predicted molar refractivity (Wildman–Crippen MR) is 68.9 cm³/mol. The third kappa shape index (κ3) is 2.11. The molecule has 2 atom stereocenters. The monoisotopic (exact) mass is 224 g/mol. The summed E-state index contributed by atoms with van der Waals surface area (Å²) in [6, 6.07) is 17.2. The molecule has 2 aromatic rings.